The second-order valence-corrected chi connectivity index (χ2v) is 8.32. The van der Waals surface area contributed by atoms with Gasteiger partial charge in [0.1, 0.15) is 0 Å². The normalized spacial score (nSPS) is 13.4. The number of aryl methyl sites for hydroxylation is 2. The van der Waals surface area contributed by atoms with Gasteiger partial charge in [0.05, 0.1) is 5.69 Å². The van der Waals surface area contributed by atoms with Crippen LogP contribution >= 0.6 is 11.3 Å². The minimum atomic E-state index is -0.0839. The number of hydrogen-bond donors (Lipinski definition) is 1. The number of carbonyl (C=O) groups excluding carboxylic acids is 1. The highest BCUT2D eigenvalue weighted by Gasteiger charge is 2.14. The third kappa shape index (κ3) is 3.96. The van der Waals surface area contributed by atoms with Crippen molar-refractivity contribution in [2.45, 2.75) is 45.4 Å². The molecule has 0 fully saturated rings. The van der Waals surface area contributed by atoms with E-state index in [9.17, 15) is 4.79 Å². The number of thiazole rings is 1. The molecule has 1 amide bonds. The standard InChI is InChI=1S/C23H24N2OS/c1-15(2)16-7-10-18(11-8-16)21-14-27-23(24-21)25-22(26)20-12-9-17-5-3-4-6-19(17)13-20/h7-15H,3-6H2,1-2H3,(H,24,25,26). The molecule has 3 nitrogen and oxygen atoms in total. The van der Waals surface area contributed by atoms with Crippen LogP contribution in [0.15, 0.2) is 47.8 Å². The first-order chi connectivity index (χ1) is 13.1. The zero-order valence-electron chi connectivity index (χ0n) is 15.8. The lowest BCUT2D eigenvalue weighted by Crippen LogP contribution is -2.13. The molecular formula is C23H24N2OS. The van der Waals surface area contributed by atoms with Crippen LogP contribution in [0.4, 0.5) is 5.13 Å². The van der Waals surface area contributed by atoms with E-state index in [4.69, 9.17) is 0 Å². The maximum atomic E-state index is 12.6. The molecule has 0 atom stereocenters. The Morgan fingerprint density at radius 3 is 2.52 bits per heavy atom. The van der Waals surface area contributed by atoms with Gasteiger partial charge in [0.15, 0.2) is 5.13 Å². The number of fused-ring (bicyclic) bond motifs is 1. The van der Waals surface area contributed by atoms with Gasteiger partial charge in [0.2, 0.25) is 0 Å². The Morgan fingerprint density at radius 1 is 1.04 bits per heavy atom. The summed E-state index contributed by atoms with van der Waals surface area (Å²) in [7, 11) is 0. The molecule has 0 saturated carbocycles. The van der Waals surface area contributed by atoms with Gasteiger partial charge in [-0.25, -0.2) is 4.98 Å². The summed E-state index contributed by atoms with van der Waals surface area (Å²) in [4.78, 5) is 17.2. The maximum absolute atomic E-state index is 12.6. The van der Waals surface area contributed by atoms with E-state index in [-0.39, 0.29) is 5.91 Å². The molecule has 1 aliphatic carbocycles. The number of nitrogens with one attached hydrogen (secondary N) is 1. The highest BCUT2D eigenvalue weighted by Crippen LogP contribution is 2.27. The summed E-state index contributed by atoms with van der Waals surface area (Å²) in [5.74, 6) is 0.431. The Balaban J connectivity index is 1.48. The lowest BCUT2D eigenvalue weighted by Gasteiger charge is -2.16. The average molecular weight is 377 g/mol. The van der Waals surface area contributed by atoms with Crippen molar-refractivity contribution in [3.8, 4) is 11.3 Å². The van der Waals surface area contributed by atoms with Crippen molar-refractivity contribution in [3.63, 3.8) is 0 Å². The molecule has 1 N–H and O–H groups in total. The first-order valence-corrected chi connectivity index (χ1v) is 10.5. The summed E-state index contributed by atoms with van der Waals surface area (Å²) in [6, 6.07) is 14.6. The largest absolute Gasteiger partial charge is 0.298 e. The summed E-state index contributed by atoms with van der Waals surface area (Å²) in [6.45, 7) is 4.37. The Kier molecular flexibility index (Phi) is 5.08. The van der Waals surface area contributed by atoms with Gasteiger partial charge in [-0.15, -0.1) is 11.3 Å². The molecule has 1 aliphatic rings. The average Bonchev–Trinajstić information content (AvgIpc) is 3.16. The number of nitrogens with zero attached hydrogens (tertiary/aromatic N) is 1. The van der Waals surface area contributed by atoms with Crippen LogP contribution in [0.5, 0.6) is 0 Å². The molecule has 1 aromatic heterocycles. The Labute approximate surface area is 164 Å². The number of carbonyl (C=O) groups is 1. The fraction of sp³-hybridized carbons (Fsp3) is 0.304. The maximum Gasteiger partial charge on any atom is 0.257 e. The molecule has 27 heavy (non-hydrogen) atoms. The fourth-order valence-corrected chi connectivity index (χ4v) is 4.26. The molecule has 2 aromatic carbocycles. The lowest BCUT2D eigenvalue weighted by atomic mass is 9.90. The van der Waals surface area contributed by atoms with Crippen LogP contribution in [0.2, 0.25) is 0 Å². The first-order valence-electron chi connectivity index (χ1n) is 9.59. The van der Waals surface area contributed by atoms with Gasteiger partial charge in [0, 0.05) is 16.5 Å². The molecule has 0 saturated heterocycles. The molecule has 4 rings (SSSR count). The molecule has 0 unspecified atom stereocenters. The van der Waals surface area contributed by atoms with Gasteiger partial charge in [-0.2, -0.15) is 0 Å². The number of benzene rings is 2. The molecule has 0 bridgehead atoms. The van der Waals surface area contributed by atoms with Crippen LogP contribution in [0.25, 0.3) is 11.3 Å². The van der Waals surface area contributed by atoms with Crippen molar-refractivity contribution in [3.05, 3.63) is 70.1 Å². The van der Waals surface area contributed by atoms with Crippen LogP contribution in [0, 0.1) is 0 Å². The van der Waals surface area contributed by atoms with E-state index in [2.05, 4.69) is 54.5 Å². The van der Waals surface area contributed by atoms with Gasteiger partial charge in [0.25, 0.3) is 5.91 Å². The zero-order chi connectivity index (χ0) is 18.8. The van der Waals surface area contributed by atoms with Gasteiger partial charge in [-0.1, -0.05) is 44.2 Å². The smallest absolute Gasteiger partial charge is 0.257 e. The Bertz CT molecular complexity index is 957. The first kappa shape index (κ1) is 17.9. The van der Waals surface area contributed by atoms with E-state index in [1.54, 1.807) is 0 Å². The molecule has 0 aliphatic heterocycles. The highest BCUT2D eigenvalue weighted by molar-refractivity contribution is 7.14. The predicted molar refractivity (Wildman–Crippen MR) is 113 cm³/mol. The molecule has 0 radical (unpaired) electrons. The summed E-state index contributed by atoms with van der Waals surface area (Å²) < 4.78 is 0. The third-order valence-corrected chi connectivity index (χ3v) is 5.97. The highest BCUT2D eigenvalue weighted by atomic mass is 32.1. The van der Waals surface area contributed by atoms with Crippen molar-refractivity contribution < 1.29 is 4.79 Å². The van der Waals surface area contributed by atoms with Crippen molar-refractivity contribution in [2.24, 2.45) is 0 Å². The van der Waals surface area contributed by atoms with E-state index in [0.717, 1.165) is 24.1 Å². The summed E-state index contributed by atoms with van der Waals surface area (Å²) >= 11 is 1.46. The fourth-order valence-electron chi connectivity index (χ4n) is 3.55. The molecule has 138 valence electrons. The van der Waals surface area contributed by atoms with E-state index in [1.165, 1.54) is 40.9 Å². The Morgan fingerprint density at radius 2 is 1.78 bits per heavy atom. The van der Waals surface area contributed by atoms with E-state index < -0.39 is 0 Å². The zero-order valence-corrected chi connectivity index (χ0v) is 16.6. The molecule has 0 spiro atoms. The summed E-state index contributed by atoms with van der Waals surface area (Å²) in [6.07, 6.45) is 4.66. The lowest BCUT2D eigenvalue weighted by molar-refractivity contribution is 0.102. The monoisotopic (exact) mass is 376 g/mol. The number of amides is 1. The quantitative estimate of drug-likeness (QED) is 0.601. The van der Waals surface area contributed by atoms with E-state index in [0.29, 0.717) is 16.6 Å². The van der Waals surface area contributed by atoms with Gasteiger partial charge < -0.3 is 0 Å². The minimum Gasteiger partial charge on any atom is -0.298 e. The molecule has 4 heteroatoms. The second kappa shape index (κ2) is 7.65. The van der Waals surface area contributed by atoms with Gasteiger partial charge in [-0.05, 0) is 60.4 Å². The minimum absolute atomic E-state index is 0.0839. The number of hydrogen-bond acceptors (Lipinski definition) is 3. The molecular weight excluding hydrogens is 352 g/mol. The van der Waals surface area contributed by atoms with Gasteiger partial charge in [-0.3, -0.25) is 10.1 Å². The number of anilines is 1. The molecule has 3 aromatic rings. The van der Waals surface area contributed by atoms with Crippen molar-refractivity contribution >= 4 is 22.4 Å². The Hall–Kier alpha value is -2.46. The predicted octanol–water partition coefficient (Wildman–Crippen LogP) is 6.06. The van der Waals surface area contributed by atoms with Gasteiger partial charge >= 0.3 is 0 Å². The topological polar surface area (TPSA) is 42.0 Å². The molecule has 1 heterocycles. The second-order valence-electron chi connectivity index (χ2n) is 7.46. The SMILES string of the molecule is CC(C)c1ccc(-c2csc(NC(=O)c3ccc4c(c3)CCCC4)n2)cc1. The van der Waals surface area contributed by atoms with E-state index >= 15 is 0 Å². The van der Waals surface area contributed by atoms with Crippen LogP contribution in [0.1, 0.15) is 59.7 Å². The van der Waals surface area contributed by atoms with Crippen molar-refractivity contribution in [1.82, 2.24) is 4.98 Å². The van der Waals surface area contributed by atoms with Crippen LogP contribution in [-0.2, 0) is 12.8 Å². The van der Waals surface area contributed by atoms with Crippen molar-refractivity contribution in [1.29, 1.82) is 0 Å². The van der Waals surface area contributed by atoms with Crippen LogP contribution in [0.3, 0.4) is 0 Å². The number of rotatable bonds is 4. The van der Waals surface area contributed by atoms with Crippen LogP contribution in [-0.4, -0.2) is 10.9 Å². The number of aromatic nitrogens is 1. The third-order valence-electron chi connectivity index (χ3n) is 5.21. The van der Waals surface area contributed by atoms with E-state index in [1.807, 2.05) is 17.5 Å². The van der Waals surface area contributed by atoms with Crippen LogP contribution < -0.4 is 5.32 Å². The summed E-state index contributed by atoms with van der Waals surface area (Å²) in [5.41, 5.74) is 6.71. The van der Waals surface area contributed by atoms with Crippen molar-refractivity contribution in [2.75, 3.05) is 5.32 Å². The summed E-state index contributed by atoms with van der Waals surface area (Å²) in [5, 5.41) is 5.59.